The zero-order chi connectivity index (χ0) is 16.3. The Morgan fingerprint density at radius 2 is 2.00 bits per heavy atom. The fraction of sp³-hybridized carbons (Fsp3) is 0.765. The topological polar surface area (TPSA) is 57.6 Å². The summed E-state index contributed by atoms with van der Waals surface area (Å²) in [5.74, 6) is -0.228. The van der Waals surface area contributed by atoms with Gasteiger partial charge in [0.05, 0.1) is 0 Å². The van der Waals surface area contributed by atoms with Gasteiger partial charge in [-0.1, -0.05) is 38.8 Å². The van der Waals surface area contributed by atoms with Crippen molar-refractivity contribution in [2.45, 2.75) is 59.1 Å². The first kappa shape index (κ1) is 20.0. The van der Waals surface area contributed by atoms with Gasteiger partial charge < -0.3 is 14.7 Å². The molecule has 0 aromatic carbocycles. The largest absolute Gasteiger partial charge is 0.378 e. The summed E-state index contributed by atoms with van der Waals surface area (Å²) in [4.78, 5) is 23.7. The molecule has 0 aromatic rings. The Kier molecular flexibility index (Phi) is 10.2. The summed E-state index contributed by atoms with van der Waals surface area (Å²) in [5, 5.41) is 10.2. The third-order valence-electron chi connectivity index (χ3n) is 4.20. The Morgan fingerprint density at radius 3 is 2.48 bits per heavy atom. The average Bonchev–Trinajstić information content (AvgIpc) is 2.47. The van der Waals surface area contributed by atoms with E-state index in [2.05, 4.69) is 19.9 Å². The van der Waals surface area contributed by atoms with E-state index < -0.39 is 6.23 Å². The van der Waals surface area contributed by atoms with E-state index in [0.717, 1.165) is 31.8 Å². The third-order valence-corrected chi connectivity index (χ3v) is 4.20. The molecule has 4 nitrogen and oxygen atoms in total. The van der Waals surface area contributed by atoms with E-state index in [9.17, 15) is 14.7 Å². The summed E-state index contributed by atoms with van der Waals surface area (Å²) < 4.78 is 0. The van der Waals surface area contributed by atoms with Gasteiger partial charge in [-0.2, -0.15) is 0 Å². The molecular formula is C17H31NO3. The Labute approximate surface area is 129 Å². The van der Waals surface area contributed by atoms with E-state index in [0.29, 0.717) is 19.4 Å². The maximum atomic E-state index is 11.5. The molecule has 21 heavy (non-hydrogen) atoms. The molecule has 0 heterocycles. The van der Waals surface area contributed by atoms with E-state index in [-0.39, 0.29) is 11.3 Å². The summed E-state index contributed by atoms with van der Waals surface area (Å²) in [5.41, 5.74) is -0.223. The summed E-state index contributed by atoms with van der Waals surface area (Å²) >= 11 is 0. The molecular weight excluding hydrogens is 266 g/mol. The first-order valence-electron chi connectivity index (χ1n) is 7.86. The number of aliphatic hydroxyl groups is 1. The second kappa shape index (κ2) is 10.7. The molecule has 3 atom stereocenters. The molecule has 0 saturated heterocycles. The minimum absolute atomic E-state index is 0.223. The minimum atomic E-state index is -0.702. The highest BCUT2D eigenvalue weighted by Crippen LogP contribution is 2.36. The number of rotatable bonds is 12. The number of hydrogen-bond donors (Lipinski definition) is 1. The number of aldehydes is 2. The van der Waals surface area contributed by atoms with E-state index in [1.807, 2.05) is 13.0 Å². The summed E-state index contributed by atoms with van der Waals surface area (Å²) in [6.45, 7) is 6.68. The van der Waals surface area contributed by atoms with Crippen LogP contribution < -0.4 is 0 Å². The number of hydrogen-bond acceptors (Lipinski definition) is 4. The van der Waals surface area contributed by atoms with Crippen LogP contribution in [0.4, 0.5) is 0 Å². The molecule has 0 bridgehead atoms. The lowest BCUT2D eigenvalue weighted by Gasteiger charge is -2.35. The molecule has 3 unspecified atom stereocenters. The molecule has 0 fully saturated rings. The average molecular weight is 297 g/mol. The van der Waals surface area contributed by atoms with Gasteiger partial charge in [-0.25, -0.2) is 0 Å². The highest BCUT2D eigenvalue weighted by atomic mass is 16.3. The van der Waals surface area contributed by atoms with Crippen molar-refractivity contribution in [3.63, 3.8) is 0 Å². The molecule has 0 radical (unpaired) electrons. The summed E-state index contributed by atoms with van der Waals surface area (Å²) in [6, 6.07) is 0. The molecule has 0 rings (SSSR count). The fourth-order valence-electron chi connectivity index (χ4n) is 2.62. The van der Waals surface area contributed by atoms with Crippen LogP contribution in [0, 0.1) is 11.3 Å². The van der Waals surface area contributed by atoms with Gasteiger partial charge in [-0.3, -0.25) is 4.90 Å². The van der Waals surface area contributed by atoms with Crippen molar-refractivity contribution >= 4 is 12.6 Å². The van der Waals surface area contributed by atoms with Crippen LogP contribution in [0.1, 0.15) is 52.9 Å². The van der Waals surface area contributed by atoms with Gasteiger partial charge in [0, 0.05) is 18.9 Å². The van der Waals surface area contributed by atoms with Crippen LogP contribution in [0.3, 0.4) is 0 Å². The fourth-order valence-corrected chi connectivity index (χ4v) is 2.62. The SMILES string of the molecule is CC=CC(C)(CCCC)C(C=O)CC(O)N(C)CCC=O. The molecule has 1 N–H and O–H groups in total. The van der Waals surface area contributed by atoms with Crippen molar-refractivity contribution in [1.29, 1.82) is 0 Å². The number of carbonyl (C=O) groups excluding carboxylic acids is 2. The van der Waals surface area contributed by atoms with Crippen LogP contribution in [0.2, 0.25) is 0 Å². The summed E-state index contributed by atoms with van der Waals surface area (Å²) in [6.07, 6.45) is 9.02. The third kappa shape index (κ3) is 7.00. The first-order chi connectivity index (χ1) is 9.95. The predicted octanol–water partition coefficient (Wildman–Crippen LogP) is 2.80. The molecule has 0 aliphatic heterocycles. The molecule has 0 saturated carbocycles. The molecule has 0 amide bonds. The minimum Gasteiger partial charge on any atom is -0.378 e. The van der Waals surface area contributed by atoms with Gasteiger partial charge in [-0.15, -0.1) is 0 Å². The molecule has 122 valence electrons. The molecule has 0 spiro atoms. The molecule has 4 heteroatoms. The number of unbranched alkanes of at least 4 members (excludes halogenated alkanes) is 1. The van der Waals surface area contributed by atoms with Crippen molar-refractivity contribution < 1.29 is 14.7 Å². The van der Waals surface area contributed by atoms with Crippen molar-refractivity contribution in [2.24, 2.45) is 11.3 Å². The van der Waals surface area contributed by atoms with Gasteiger partial charge in [0.1, 0.15) is 18.8 Å². The van der Waals surface area contributed by atoms with E-state index in [1.165, 1.54) is 0 Å². The van der Waals surface area contributed by atoms with Crippen LogP contribution in [0.5, 0.6) is 0 Å². The van der Waals surface area contributed by atoms with Crippen LogP contribution in [0.15, 0.2) is 12.2 Å². The number of aliphatic hydroxyl groups excluding tert-OH is 1. The standard InChI is InChI=1S/C17H31NO3/c1-5-7-10-17(3,9-6-2)15(14-20)13-16(21)18(4)11-8-12-19/h6,9,12,14-16,21H,5,7-8,10-11,13H2,1-4H3. The maximum absolute atomic E-state index is 11.5. The van der Waals surface area contributed by atoms with Gasteiger partial charge in [0.2, 0.25) is 0 Å². The van der Waals surface area contributed by atoms with Gasteiger partial charge in [-0.05, 0) is 32.2 Å². The lowest BCUT2D eigenvalue weighted by atomic mass is 9.72. The molecule has 0 aliphatic rings. The van der Waals surface area contributed by atoms with Crippen LogP contribution >= 0.6 is 0 Å². The monoisotopic (exact) mass is 297 g/mol. The predicted molar refractivity (Wildman–Crippen MR) is 85.9 cm³/mol. The van der Waals surface area contributed by atoms with E-state index >= 15 is 0 Å². The number of nitrogens with zero attached hydrogens (tertiary/aromatic N) is 1. The molecule has 0 aromatic heterocycles. The van der Waals surface area contributed by atoms with Crippen LogP contribution in [0.25, 0.3) is 0 Å². The summed E-state index contributed by atoms with van der Waals surface area (Å²) in [7, 11) is 1.77. The van der Waals surface area contributed by atoms with Crippen molar-refractivity contribution in [2.75, 3.05) is 13.6 Å². The van der Waals surface area contributed by atoms with E-state index in [4.69, 9.17) is 0 Å². The second-order valence-corrected chi connectivity index (χ2v) is 6.00. The highest BCUT2D eigenvalue weighted by Gasteiger charge is 2.33. The normalized spacial score (nSPS) is 17.6. The van der Waals surface area contributed by atoms with Gasteiger partial charge in [0.25, 0.3) is 0 Å². The van der Waals surface area contributed by atoms with Crippen molar-refractivity contribution in [3.05, 3.63) is 12.2 Å². The van der Waals surface area contributed by atoms with Crippen molar-refractivity contribution in [3.8, 4) is 0 Å². The van der Waals surface area contributed by atoms with Gasteiger partial charge >= 0.3 is 0 Å². The zero-order valence-electron chi connectivity index (χ0n) is 13.9. The second-order valence-electron chi connectivity index (χ2n) is 6.00. The molecule has 0 aliphatic carbocycles. The number of carbonyl (C=O) groups is 2. The zero-order valence-corrected chi connectivity index (χ0v) is 13.9. The Hall–Kier alpha value is -1.00. The van der Waals surface area contributed by atoms with Crippen LogP contribution in [-0.4, -0.2) is 42.4 Å². The lowest BCUT2D eigenvalue weighted by Crippen LogP contribution is -2.38. The highest BCUT2D eigenvalue weighted by molar-refractivity contribution is 5.56. The van der Waals surface area contributed by atoms with Crippen molar-refractivity contribution in [1.82, 2.24) is 4.90 Å². The maximum Gasteiger partial charge on any atom is 0.124 e. The van der Waals surface area contributed by atoms with Gasteiger partial charge in [0.15, 0.2) is 0 Å². The number of allylic oxidation sites excluding steroid dienone is 2. The first-order valence-corrected chi connectivity index (χ1v) is 7.86. The smallest absolute Gasteiger partial charge is 0.124 e. The quantitative estimate of drug-likeness (QED) is 0.342. The Bertz CT molecular complexity index is 330. The Balaban J connectivity index is 4.84. The lowest BCUT2D eigenvalue weighted by molar-refractivity contribution is -0.117. The van der Waals surface area contributed by atoms with E-state index in [1.54, 1.807) is 11.9 Å². The Morgan fingerprint density at radius 1 is 1.33 bits per heavy atom. The van der Waals surface area contributed by atoms with Crippen LogP contribution in [-0.2, 0) is 9.59 Å².